The van der Waals surface area contributed by atoms with Crippen molar-refractivity contribution >= 4 is 46.2 Å². The van der Waals surface area contributed by atoms with E-state index in [1.165, 1.54) is 12.1 Å². The van der Waals surface area contributed by atoms with Gasteiger partial charge in [0.1, 0.15) is 0 Å². The molecular formula is C13H9Cl3N2O2. The predicted octanol–water partition coefficient (Wildman–Crippen LogP) is 5.17. The molecule has 0 bridgehead atoms. The third kappa shape index (κ3) is 3.54. The van der Waals surface area contributed by atoms with Crippen LogP contribution in [-0.2, 0) is 6.54 Å². The molecule has 0 aliphatic rings. The first-order chi connectivity index (χ1) is 9.47. The Morgan fingerprint density at radius 1 is 1.00 bits per heavy atom. The summed E-state index contributed by atoms with van der Waals surface area (Å²) < 4.78 is 0. The van der Waals surface area contributed by atoms with E-state index >= 15 is 0 Å². The molecule has 0 aromatic heterocycles. The van der Waals surface area contributed by atoms with E-state index in [4.69, 9.17) is 34.8 Å². The van der Waals surface area contributed by atoms with Crippen LogP contribution in [0.15, 0.2) is 36.4 Å². The summed E-state index contributed by atoms with van der Waals surface area (Å²) >= 11 is 17.7. The smallest absolute Gasteiger partial charge is 0.270 e. The van der Waals surface area contributed by atoms with Crippen LogP contribution in [0.3, 0.4) is 0 Å². The Balaban J connectivity index is 2.10. The maximum absolute atomic E-state index is 10.6. The number of benzene rings is 2. The Hall–Kier alpha value is -1.49. The first kappa shape index (κ1) is 14.9. The van der Waals surface area contributed by atoms with Crippen molar-refractivity contribution < 1.29 is 4.92 Å². The first-order valence-corrected chi connectivity index (χ1v) is 6.72. The highest BCUT2D eigenvalue weighted by Gasteiger charge is 2.09. The number of non-ortho nitro benzene ring substituents is 1. The van der Waals surface area contributed by atoms with Gasteiger partial charge < -0.3 is 5.32 Å². The summed E-state index contributed by atoms with van der Waals surface area (Å²) in [6.07, 6.45) is 0. The average Bonchev–Trinajstić information content (AvgIpc) is 2.41. The standard InChI is InChI=1S/C13H9Cl3N2O2/c14-11-4-2-9(5-13(11)16)17-7-8-1-3-10(18(19)20)6-12(8)15/h1-6,17H,7H2. The van der Waals surface area contributed by atoms with Crippen LogP contribution >= 0.6 is 34.8 Å². The van der Waals surface area contributed by atoms with Crippen molar-refractivity contribution in [2.75, 3.05) is 5.32 Å². The van der Waals surface area contributed by atoms with E-state index in [0.29, 0.717) is 21.6 Å². The van der Waals surface area contributed by atoms with Gasteiger partial charge >= 0.3 is 0 Å². The van der Waals surface area contributed by atoms with Gasteiger partial charge in [0.15, 0.2) is 0 Å². The molecule has 2 rings (SSSR count). The lowest BCUT2D eigenvalue weighted by Crippen LogP contribution is -2.00. The van der Waals surface area contributed by atoms with Crippen LogP contribution in [0.2, 0.25) is 15.1 Å². The summed E-state index contributed by atoms with van der Waals surface area (Å²) in [6, 6.07) is 9.52. The lowest BCUT2D eigenvalue weighted by Gasteiger charge is -2.09. The van der Waals surface area contributed by atoms with Gasteiger partial charge in [0.05, 0.1) is 20.0 Å². The Morgan fingerprint density at radius 2 is 1.75 bits per heavy atom. The fourth-order valence-electron chi connectivity index (χ4n) is 1.60. The monoisotopic (exact) mass is 330 g/mol. The highest BCUT2D eigenvalue weighted by molar-refractivity contribution is 6.42. The van der Waals surface area contributed by atoms with Crippen molar-refractivity contribution in [3.8, 4) is 0 Å². The normalized spacial score (nSPS) is 10.3. The molecule has 2 aromatic carbocycles. The second-order valence-electron chi connectivity index (χ2n) is 4.02. The second-order valence-corrected chi connectivity index (χ2v) is 5.24. The molecule has 0 heterocycles. The molecule has 0 radical (unpaired) electrons. The highest BCUT2D eigenvalue weighted by atomic mass is 35.5. The molecule has 0 aliphatic carbocycles. The van der Waals surface area contributed by atoms with Crippen LogP contribution < -0.4 is 5.32 Å². The van der Waals surface area contributed by atoms with E-state index in [1.54, 1.807) is 24.3 Å². The molecule has 1 N–H and O–H groups in total. The molecule has 0 fully saturated rings. The minimum absolute atomic E-state index is 0.0340. The molecule has 7 heteroatoms. The number of nitrogens with zero attached hydrogens (tertiary/aromatic N) is 1. The molecule has 4 nitrogen and oxygen atoms in total. The Bertz CT molecular complexity index is 662. The molecule has 0 atom stereocenters. The van der Waals surface area contributed by atoms with Crippen LogP contribution in [0.1, 0.15) is 5.56 Å². The van der Waals surface area contributed by atoms with Crippen LogP contribution in [0.5, 0.6) is 0 Å². The highest BCUT2D eigenvalue weighted by Crippen LogP contribution is 2.27. The van der Waals surface area contributed by atoms with Crippen LogP contribution in [0.4, 0.5) is 11.4 Å². The average molecular weight is 332 g/mol. The molecule has 0 spiro atoms. The van der Waals surface area contributed by atoms with Crippen LogP contribution in [-0.4, -0.2) is 4.92 Å². The number of halogens is 3. The number of nitrogens with one attached hydrogen (secondary N) is 1. The first-order valence-electron chi connectivity index (χ1n) is 5.59. The van der Waals surface area contributed by atoms with Gasteiger partial charge in [-0.25, -0.2) is 0 Å². The van der Waals surface area contributed by atoms with E-state index in [9.17, 15) is 10.1 Å². The van der Waals surface area contributed by atoms with Gasteiger partial charge in [0, 0.05) is 24.4 Å². The van der Waals surface area contributed by atoms with E-state index in [1.807, 2.05) is 0 Å². The number of nitro groups is 1. The topological polar surface area (TPSA) is 55.2 Å². The third-order valence-electron chi connectivity index (χ3n) is 2.65. The number of rotatable bonds is 4. The SMILES string of the molecule is O=[N+]([O-])c1ccc(CNc2ccc(Cl)c(Cl)c2)c(Cl)c1. The van der Waals surface area contributed by atoms with Gasteiger partial charge in [-0.2, -0.15) is 0 Å². The summed E-state index contributed by atoms with van der Waals surface area (Å²) in [5, 5.41) is 15.0. The quantitative estimate of drug-likeness (QED) is 0.621. The molecule has 2 aromatic rings. The summed E-state index contributed by atoms with van der Waals surface area (Å²) in [5.74, 6) is 0. The minimum Gasteiger partial charge on any atom is -0.381 e. The molecule has 0 aliphatic heterocycles. The van der Waals surface area contributed by atoms with Crippen molar-refractivity contribution in [1.29, 1.82) is 0 Å². The van der Waals surface area contributed by atoms with Crippen molar-refractivity contribution in [2.45, 2.75) is 6.54 Å². The Morgan fingerprint density at radius 3 is 2.35 bits per heavy atom. The number of anilines is 1. The zero-order valence-electron chi connectivity index (χ0n) is 10.1. The number of hydrogen-bond acceptors (Lipinski definition) is 3. The molecule has 0 unspecified atom stereocenters. The van der Waals surface area contributed by atoms with E-state index < -0.39 is 4.92 Å². The zero-order chi connectivity index (χ0) is 14.7. The van der Waals surface area contributed by atoms with Crippen molar-refractivity contribution in [3.63, 3.8) is 0 Å². The number of hydrogen-bond donors (Lipinski definition) is 1. The Kier molecular flexibility index (Phi) is 4.70. The summed E-state index contributed by atoms with van der Waals surface area (Å²) in [4.78, 5) is 10.1. The summed E-state index contributed by atoms with van der Waals surface area (Å²) in [5.41, 5.74) is 1.51. The molecule has 0 saturated carbocycles. The van der Waals surface area contributed by atoms with Crippen molar-refractivity contribution in [2.24, 2.45) is 0 Å². The fraction of sp³-hybridized carbons (Fsp3) is 0.0769. The second kappa shape index (κ2) is 6.31. The van der Waals surface area contributed by atoms with E-state index in [-0.39, 0.29) is 5.69 Å². The molecule has 0 saturated heterocycles. The minimum atomic E-state index is -0.484. The lowest BCUT2D eigenvalue weighted by atomic mass is 10.2. The van der Waals surface area contributed by atoms with Crippen LogP contribution in [0, 0.1) is 10.1 Å². The predicted molar refractivity (Wildman–Crippen MR) is 81.9 cm³/mol. The van der Waals surface area contributed by atoms with Crippen LogP contribution in [0.25, 0.3) is 0 Å². The molecule has 0 amide bonds. The third-order valence-corrected chi connectivity index (χ3v) is 3.74. The lowest BCUT2D eigenvalue weighted by molar-refractivity contribution is -0.384. The maximum atomic E-state index is 10.6. The fourth-order valence-corrected chi connectivity index (χ4v) is 2.14. The van der Waals surface area contributed by atoms with Crippen molar-refractivity contribution in [1.82, 2.24) is 0 Å². The summed E-state index contributed by atoms with van der Waals surface area (Å²) in [6.45, 7) is 0.425. The Labute approximate surface area is 130 Å². The van der Waals surface area contributed by atoms with Gasteiger partial charge in [-0.1, -0.05) is 34.8 Å². The molecular weight excluding hydrogens is 323 g/mol. The number of nitro benzene ring substituents is 1. The molecule has 104 valence electrons. The van der Waals surface area contributed by atoms with Gasteiger partial charge in [-0.3, -0.25) is 10.1 Å². The largest absolute Gasteiger partial charge is 0.381 e. The van der Waals surface area contributed by atoms with Gasteiger partial charge in [0.2, 0.25) is 0 Å². The van der Waals surface area contributed by atoms with Gasteiger partial charge in [-0.05, 0) is 29.8 Å². The molecule has 20 heavy (non-hydrogen) atoms. The van der Waals surface area contributed by atoms with Gasteiger partial charge in [0.25, 0.3) is 5.69 Å². The van der Waals surface area contributed by atoms with E-state index in [2.05, 4.69) is 5.32 Å². The van der Waals surface area contributed by atoms with Crippen molar-refractivity contribution in [3.05, 3.63) is 67.1 Å². The van der Waals surface area contributed by atoms with E-state index in [0.717, 1.165) is 11.3 Å². The van der Waals surface area contributed by atoms with Gasteiger partial charge in [-0.15, -0.1) is 0 Å². The maximum Gasteiger partial charge on any atom is 0.270 e. The zero-order valence-corrected chi connectivity index (χ0v) is 12.3. The summed E-state index contributed by atoms with van der Waals surface area (Å²) in [7, 11) is 0.